The molecule has 1 aliphatic heterocycles. The molecule has 2 aromatic rings. The van der Waals surface area contributed by atoms with Crippen molar-refractivity contribution in [3.8, 4) is 0 Å². The summed E-state index contributed by atoms with van der Waals surface area (Å²) in [4.78, 5) is 25.5. The van der Waals surface area contributed by atoms with Gasteiger partial charge in [-0.1, -0.05) is 42.0 Å². The SMILES string of the molecule is Cc1ccc(CSCCNC(=O)/C=C/c2ccc(N3CCCC3=O)cc2)cc1. The first kappa shape index (κ1) is 20.2. The fourth-order valence-corrected chi connectivity index (χ4v) is 3.86. The number of anilines is 1. The van der Waals surface area contributed by atoms with E-state index in [-0.39, 0.29) is 11.8 Å². The number of rotatable bonds is 8. The number of nitrogens with one attached hydrogen (secondary N) is 1. The maximum absolute atomic E-state index is 11.9. The summed E-state index contributed by atoms with van der Waals surface area (Å²) in [5.74, 6) is 1.93. The van der Waals surface area contributed by atoms with E-state index in [0.717, 1.165) is 35.7 Å². The minimum absolute atomic E-state index is 0.0882. The van der Waals surface area contributed by atoms with E-state index >= 15 is 0 Å². The third-order valence-corrected chi connectivity index (χ3v) is 5.67. The van der Waals surface area contributed by atoms with Gasteiger partial charge in [0.05, 0.1) is 0 Å². The van der Waals surface area contributed by atoms with Gasteiger partial charge in [-0.05, 0) is 42.7 Å². The molecule has 0 aromatic heterocycles. The van der Waals surface area contributed by atoms with Gasteiger partial charge in [0.2, 0.25) is 11.8 Å². The molecule has 1 fully saturated rings. The van der Waals surface area contributed by atoms with Crippen LogP contribution in [0.5, 0.6) is 0 Å². The van der Waals surface area contributed by atoms with Gasteiger partial charge in [-0.3, -0.25) is 9.59 Å². The van der Waals surface area contributed by atoms with Crippen molar-refractivity contribution in [1.82, 2.24) is 5.32 Å². The van der Waals surface area contributed by atoms with Gasteiger partial charge in [0.15, 0.2) is 0 Å². The molecule has 0 saturated carbocycles. The first-order chi connectivity index (χ1) is 13.6. The van der Waals surface area contributed by atoms with Crippen LogP contribution in [-0.2, 0) is 15.3 Å². The molecule has 2 amide bonds. The zero-order valence-electron chi connectivity index (χ0n) is 16.2. The number of carbonyl (C=O) groups excluding carboxylic acids is 2. The topological polar surface area (TPSA) is 49.4 Å². The minimum atomic E-state index is -0.0882. The lowest BCUT2D eigenvalue weighted by Crippen LogP contribution is -2.23. The predicted molar refractivity (Wildman–Crippen MR) is 117 cm³/mol. The maximum Gasteiger partial charge on any atom is 0.244 e. The van der Waals surface area contributed by atoms with Crippen LogP contribution in [0.25, 0.3) is 6.08 Å². The van der Waals surface area contributed by atoms with Crippen LogP contribution in [0.3, 0.4) is 0 Å². The number of hydrogen-bond donors (Lipinski definition) is 1. The van der Waals surface area contributed by atoms with Gasteiger partial charge in [-0.15, -0.1) is 0 Å². The highest BCUT2D eigenvalue weighted by atomic mass is 32.2. The smallest absolute Gasteiger partial charge is 0.244 e. The molecule has 146 valence electrons. The Morgan fingerprint density at radius 3 is 2.57 bits per heavy atom. The fraction of sp³-hybridized carbons (Fsp3) is 0.304. The third-order valence-electron chi connectivity index (χ3n) is 4.64. The largest absolute Gasteiger partial charge is 0.352 e. The molecule has 0 aliphatic carbocycles. The molecule has 0 atom stereocenters. The zero-order chi connectivity index (χ0) is 19.8. The quantitative estimate of drug-likeness (QED) is 0.540. The van der Waals surface area contributed by atoms with Crippen molar-refractivity contribution in [3.63, 3.8) is 0 Å². The second kappa shape index (κ2) is 10.1. The van der Waals surface area contributed by atoms with Crippen molar-refractivity contribution in [2.45, 2.75) is 25.5 Å². The molecule has 0 unspecified atom stereocenters. The molecule has 0 spiro atoms. The van der Waals surface area contributed by atoms with E-state index in [1.54, 1.807) is 12.2 Å². The first-order valence-electron chi connectivity index (χ1n) is 9.61. The lowest BCUT2D eigenvalue weighted by molar-refractivity contribution is -0.117. The van der Waals surface area contributed by atoms with Crippen LogP contribution in [0.1, 0.15) is 29.5 Å². The normalized spacial score (nSPS) is 14.0. The number of amides is 2. The Labute approximate surface area is 171 Å². The average molecular weight is 395 g/mol. The highest BCUT2D eigenvalue weighted by Crippen LogP contribution is 2.21. The summed E-state index contributed by atoms with van der Waals surface area (Å²) in [7, 11) is 0. The van der Waals surface area contributed by atoms with Crippen LogP contribution in [-0.4, -0.2) is 30.7 Å². The zero-order valence-corrected chi connectivity index (χ0v) is 17.0. The van der Waals surface area contributed by atoms with Crippen LogP contribution in [0.15, 0.2) is 54.6 Å². The van der Waals surface area contributed by atoms with E-state index in [2.05, 4.69) is 36.5 Å². The fourth-order valence-electron chi connectivity index (χ4n) is 3.04. The summed E-state index contributed by atoms with van der Waals surface area (Å²) in [6.45, 7) is 3.52. The number of thioether (sulfide) groups is 1. The predicted octanol–water partition coefficient (Wildman–Crippen LogP) is 4.18. The standard InChI is InChI=1S/C23H26N2O2S/c1-18-4-6-20(7-5-18)17-28-16-14-24-22(26)13-10-19-8-11-21(12-9-19)25-15-2-3-23(25)27/h4-13H,2-3,14-17H2,1H3,(H,24,26)/b13-10+. The van der Waals surface area contributed by atoms with Crippen LogP contribution in [0, 0.1) is 6.92 Å². The molecule has 2 aromatic carbocycles. The molecule has 1 N–H and O–H groups in total. The van der Waals surface area contributed by atoms with Gasteiger partial charge in [0.25, 0.3) is 0 Å². The minimum Gasteiger partial charge on any atom is -0.352 e. The Hall–Kier alpha value is -2.53. The lowest BCUT2D eigenvalue weighted by Gasteiger charge is -2.15. The van der Waals surface area contributed by atoms with Crippen molar-refractivity contribution >= 4 is 35.3 Å². The molecule has 0 bridgehead atoms. The third kappa shape index (κ3) is 5.99. The summed E-state index contributed by atoms with van der Waals surface area (Å²) in [5, 5.41) is 2.91. The van der Waals surface area contributed by atoms with E-state index in [0.29, 0.717) is 13.0 Å². The van der Waals surface area contributed by atoms with Crippen molar-refractivity contribution in [3.05, 3.63) is 71.3 Å². The Morgan fingerprint density at radius 1 is 1.14 bits per heavy atom. The molecule has 1 aliphatic rings. The molecule has 4 nitrogen and oxygen atoms in total. The molecule has 1 heterocycles. The summed E-state index contributed by atoms with van der Waals surface area (Å²) in [5.41, 5.74) is 4.45. The van der Waals surface area contributed by atoms with E-state index in [9.17, 15) is 9.59 Å². The number of nitrogens with zero attached hydrogens (tertiary/aromatic N) is 1. The molecule has 3 rings (SSSR count). The second-order valence-electron chi connectivity index (χ2n) is 6.90. The average Bonchev–Trinajstić information content (AvgIpc) is 3.14. The second-order valence-corrected chi connectivity index (χ2v) is 8.01. The Balaban J connectivity index is 1.36. The number of carbonyl (C=O) groups is 2. The van der Waals surface area contributed by atoms with Crippen molar-refractivity contribution in [2.24, 2.45) is 0 Å². The van der Waals surface area contributed by atoms with E-state index in [1.165, 1.54) is 11.1 Å². The molecular formula is C23H26N2O2S. The van der Waals surface area contributed by atoms with Crippen molar-refractivity contribution < 1.29 is 9.59 Å². The number of aryl methyl sites for hydroxylation is 1. The summed E-state index contributed by atoms with van der Waals surface area (Å²) in [6.07, 6.45) is 4.90. The van der Waals surface area contributed by atoms with E-state index < -0.39 is 0 Å². The van der Waals surface area contributed by atoms with E-state index in [1.807, 2.05) is 40.9 Å². The van der Waals surface area contributed by atoms with Gasteiger partial charge < -0.3 is 10.2 Å². The molecule has 28 heavy (non-hydrogen) atoms. The van der Waals surface area contributed by atoms with Crippen LogP contribution < -0.4 is 10.2 Å². The summed E-state index contributed by atoms with van der Waals surface area (Å²) < 4.78 is 0. The van der Waals surface area contributed by atoms with Crippen LogP contribution >= 0.6 is 11.8 Å². The molecular weight excluding hydrogens is 368 g/mol. The Bertz CT molecular complexity index is 829. The maximum atomic E-state index is 11.9. The van der Waals surface area contributed by atoms with Crippen molar-refractivity contribution in [2.75, 3.05) is 23.7 Å². The highest BCUT2D eigenvalue weighted by molar-refractivity contribution is 7.98. The molecule has 1 saturated heterocycles. The monoisotopic (exact) mass is 394 g/mol. The van der Waals surface area contributed by atoms with Gasteiger partial charge in [-0.2, -0.15) is 11.8 Å². The molecule has 0 radical (unpaired) electrons. The van der Waals surface area contributed by atoms with Gasteiger partial charge in [-0.25, -0.2) is 0 Å². The lowest BCUT2D eigenvalue weighted by atomic mass is 10.2. The van der Waals surface area contributed by atoms with Gasteiger partial charge in [0, 0.05) is 42.8 Å². The Kier molecular flexibility index (Phi) is 7.31. The summed E-state index contributed by atoms with van der Waals surface area (Å²) in [6, 6.07) is 16.3. The Morgan fingerprint density at radius 2 is 1.89 bits per heavy atom. The number of hydrogen-bond acceptors (Lipinski definition) is 3. The summed E-state index contributed by atoms with van der Waals surface area (Å²) >= 11 is 1.81. The van der Waals surface area contributed by atoms with Gasteiger partial charge in [0.1, 0.15) is 0 Å². The molecule has 5 heteroatoms. The van der Waals surface area contributed by atoms with Gasteiger partial charge >= 0.3 is 0 Å². The van der Waals surface area contributed by atoms with E-state index in [4.69, 9.17) is 0 Å². The van der Waals surface area contributed by atoms with Crippen molar-refractivity contribution in [1.29, 1.82) is 0 Å². The van der Waals surface area contributed by atoms with Crippen LogP contribution in [0.4, 0.5) is 5.69 Å². The first-order valence-corrected chi connectivity index (χ1v) is 10.8. The van der Waals surface area contributed by atoms with Crippen LogP contribution in [0.2, 0.25) is 0 Å². The number of benzene rings is 2. The highest BCUT2D eigenvalue weighted by Gasteiger charge is 2.21.